The predicted octanol–water partition coefficient (Wildman–Crippen LogP) is 2.75. The molecule has 2 rings (SSSR count). The van der Waals surface area contributed by atoms with Gasteiger partial charge in [-0.05, 0) is 56.2 Å². The van der Waals surface area contributed by atoms with E-state index in [1.807, 2.05) is 12.1 Å². The lowest BCUT2D eigenvalue weighted by Gasteiger charge is -2.39. The monoisotopic (exact) mass is 266 g/mol. The fourth-order valence-corrected chi connectivity index (χ4v) is 3.23. The number of hydrogen-bond acceptors (Lipinski definition) is 1. The minimum atomic E-state index is -0.163. The molecule has 0 radical (unpaired) electrons. The van der Waals surface area contributed by atoms with E-state index in [4.69, 9.17) is 4.74 Å². The van der Waals surface area contributed by atoms with Crippen LogP contribution in [-0.4, -0.2) is 18.8 Å². The van der Waals surface area contributed by atoms with E-state index in [2.05, 4.69) is 19.6 Å². The Bertz CT molecular complexity index is 402. The largest absolute Gasteiger partial charge is 0.376 e. The molecule has 106 valence electrons. The van der Waals surface area contributed by atoms with E-state index in [9.17, 15) is 4.39 Å². The van der Waals surface area contributed by atoms with Crippen molar-refractivity contribution in [2.75, 3.05) is 13.2 Å². The Morgan fingerprint density at radius 2 is 2.05 bits per heavy atom. The van der Waals surface area contributed by atoms with Crippen molar-refractivity contribution in [1.82, 2.24) is 0 Å². The Kier molecular flexibility index (Phi) is 4.58. The second-order valence-corrected chi connectivity index (χ2v) is 6.16. The van der Waals surface area contributed by atoms with Gasteiger partial charge in [-0.1, -0.05) is 12.1 Å². The van der Waals surface area contributed by atoms with Gasteiger partial charge in [0.1, 0.15) is 5.82 Å². The van der Waals surface area contributed by atoms with E-state index in [0.29, 0.717) is 11.8 Å². The maximum atomic E-state index is 13.1. The predicted molar refractivity (Wildman–Crippen MR) is 74.3 cm³/mol. The molecule has 0 bridgehead atoms. The average Bonchev–Trinajstić information content (AvgIpc) is 2.36. The van der Waals surface area contributed by atoms with Gasteiger partial charge in [0.2, 0.25) is 0 Å². The van der Waals surface area contributed by atoms with Crippen LogP contribution < -0.4 is 5.73 Å². The lowest BCUT2D eigenvalue weighted by Crippen LogP contribution is -2.51. The van der Waals surface area contributed by atoms with Crippen LogP contribution in [0.5, 0.6) is 0 Å². The molecule has 0 unspecified atom stereocenters. The van der Waals surface area contributed by atoms with E-state index < -0.39 is 0 Å². The molecular weight excluding hydrogens is 241 g/mol. The van der Waals surface area contributed by atoms with Crippen LogP contribution in [0.4, 0.5) is 4.39 Å². The summed E-state index contributed by atoms with van der Waals surface area (Å²) >= 11 is 0. The minimum Gasteiger partial charge on any atom is -0.376 e. The lowest BCUT2D eigenvalue weighted by molar-refractivity contribution is -0.369. The molecule has 0 amide bonds. The SMILES string of the molecule is CC1(C)C[C@@H]([C@H](CC[NH3+])c2ccc(F)cc2)CCO1. The van der Waals surface area contributed by atoms with Gasteiger partial charge in [-0.2, -0.15) is 0 Å². The Labute approximate surface area is 115 Å². The summed E-state index contributed by atoms with van der Waals surface area (Å²) in [6.07, 6.45) is 3.22. The van der Waals surface area contributed by atoms with Gasteiger partial charge < -0.3 is 10.5 Å². The molecule has 19 heavy (non-hydrogen) atoms. The molecule has 1 aliphatic rings. The van der Waals surface area contributed by atoms with Gasteiger partial charge in [0.25, 0.3) is 0 Å². The minimum absolute atomic E-state index is 0.0393. The zero-order valence-corrected chi connectivity index (χ0v) is 12.0. The quantitative estimate of drug-likeness (QED) is 0.894. The van der Waals surface area contributed by atoms with Crippen molar-refractivity contribution < 1.29 is 14.9 Å². The molecule has 3 N–H and O–H groups in total. The molecule has 1 heterocycles. The van der Waals surface area contributed by atoms with Gasteiger partial charge in [-0.15, -0.1) is 0 Å². The molecule has 0 aliphatic carbocycles. The molecule has 2 atom stereocenters. The normalized spacial score (nSPS) is 24.1. The van der Waals surface area contributed by atoms with Crippen LogP contribution in [0.2, 0.25) is 0 Å². The van der Waals surface area contributed by atoms with Gasteiger partial charge in [0, 0.05) is 13.0 Å². The Balaban J connectivity index is 2.17. The molecule has 1 fully saturated rings. The second kappa shape index (κ2) is 6.02. The zero-order chi connectivity index (χ0) is 13.9. The van der Waals surface area contributed by atoms with Crippen molar-refractivity contribution in [2.24, 2.45) is 5.92 Å². The van der Waals surface area contributed by atoms with Crippen molar-refractivity contribution >= 4 is 0 Å². The maximum Gasteiger partial charge on any atom is 0.123 e. The highest BCUT2D eigenvalue weighted by molar-refractivity contribution is 5.21. The second-order valence-electron chi connectivity index (χ2n) is 6.16. The van der Waals surface area contributed by atoms with Crippen molar-refractivity contribution in [2.45, 2.75) is 44.6 Å². The van der Waals surface area contributed by atoms with Crippen LogP contribution in [0, 0.1) is 11.7 Å². The smallest absolute Gasteiger partial charge is 0.123 e. The average molecular weight is 266 g/mol. The van der Waals surface area contributed by atoms with Crippen molar-refractivity contribution in [3.05, 3.63) is 35.6 Å². The van der Waals surface area contributed by atoms with Crippen molar-refractivity contribution in [3.63, 3.8) is 0 Å². The van der Waals surface area contributed by atoms with Gasteiger partial charge in [0.15, 0.2) is 0 Å². The highest BCUT2D eigenvalue weighted by Gasteiger charge is 2.34. The first-order chi connectivity index (χ1) is 9.02. The summed E-state index contributed by atoms with van der Waals surface area (Å²) in [6.45, 7) is 6.06. The molecule has 1 saturated heterocycles. The van der Waals surface area contributed by atoms with E-state index in [-0.39, 0.29) is 11.4 Å². The molecule has 1 aliphatic heterocycles. The first-order valence-corrected chi connectivity index (χ1v) is 7.20. The Morgan fingerprint density at radius 3 is 2.63 bits per heavy atom. The third-order valence-corrected chi connectivity index (χ3v) is 4.12. The van der Waals surface area contributed by atoms with E-state index in [1.54, 1.807) is 12.1 Å². The third kappa shape index (κ3) is 3.77. The van der Waals surface area contributed by atoms with Crippen molar-refractivity contribution in [3.8, 4) is 0 Å². The van der Waals surface area contributed by atoms with Crippen LogP contribution in [0.15, 0.2) is 24.3 Å². The Hall–Kier alpha value is -0.930. The summed E-state index contributed by atoms with van der Waals surface area (Å²) in [5.74, 6) is 0.918. The van der Waals surface area contributed by atoms with E-state index in [0.717, 1.165) is 32.4 Å². The van der Waals surface area contributed by atoms with E-state index >= 15 is 0 Å². The number of benzene rings is 1. The van der Waals surface area contributed by atoms with Crippen LogP contribution >= 0.6 is 0 Å². The number of rotatable bonds is 4. The van der Waals surface area contributed by atoms with Gasteiger partial charge in [-0.3, -0.25) is 0 Å². The molecular formula is C16H25FNO+. The summed E-state index contributed by atoms with van der Waals surface area (Å²) < 4.78 is 18.9. The Morgan fingerprint density at radius 1 is 1.37 bits per heavy atom. The summed E-state index contributed by atoms with van der Waals surface area (Å²) in [7, 11) is 0. The maximum absolute atomic E-state index is 13.1. The van der Waals surface area contributed by atoms with Gasteiger partial charge in [0.05, 0.1) is 12.1 Å². The summed E-state index contributed by atoms with van der Waals surface area (Å²) in [5.41, 5.74) is 5.20. The molecule has 3 heteroatoms. The molecule has 2 nitrogen and oxygen atoms in total. The first kappa shape index (κ1) is 14.5. The first-order valence-electron chi connectivity index (χ1n) is 7.20. The summed E-state index contributed by atoms with van der Waals surface area (Å²) in [6, 6.07) is 6.99. The lowest BCUT2D eigenvalue weighted by atomic mass is 9.75. The van der Waals surface area contributed by atoms with Crippen LogP contribution in [0.25, 0.3) is 0 Å². The topological polar surface area (TPSA) is 36.9 Å². The number of quaternary nitrogens is 1. The number of halogens is 1. The summed E-state index contributed by atoms with van der Waals surface area (Å²) in [4.78, 5) is 0. The number of hydrogen-bond donors (Lipinski definition) is 1. The fourth-order valence-electron chi connectivity index (χ4n) is 3.23. The van der Waals surface area contributed by atoms with E-state index in [1.165, 1.54) is 5.56 Å². The third-order valence-electron chi connectivity index (χ3n) is 4.12. The molecule has 0 saturated carbocycles. The zero-order valence-electron chi connectivity index (χ0n) is 12.0. The van der Waals surface area contributed by atoms with Crippen LogP contribution in [-0.2, 0) is 4.74 Å². The fraction of sp³-hybridized carbons (Fsp3) is 0.625. The number of ether oxygens (including phenoxy) is 1. The standard InChI is InChI=1S/C16H24FNO/c1-16(2)11-13(8-10-19-16)15(7-9-18)12-3-5-14(17)6-4-12/h3-6,13,15H,7-11,18H2,1-2H3/p+1/t13-,15+/m0/s1. The van der Waals surface area contributed by atoms with Gasteiger partial charge >= 0.3 is 0 Å². The summed E-state index contributed by atoms with van der Waals surface area (Å²) in [5, 5.41) is 0. The molecule has 0 aromatic heterocycles. The van der Waals surface area contributed by atoms with Gasteiger partial charge in [-0.25, -0.2) is 4.39 Å². The molecule has 1 aromatic rings. The van der Waals surface area contributed by atoms with Crippen LogP contribution in [0.1, 0.15) is 44.6 Å². The molecule has 1 aromatic carbocycles. The van der Waals surface area contributed by atoms with Crippen LogP contribution in [0.3, 0.4) is 0 Å². The van der Waals surface area contributed by atoms with Crippen molar-refractivity contribution in [1.29, 1.82) is 0 Å². The highest BCUT2D eigenvalue weighted by atomic mass is 19.1. The highest BCUT2D eigenvalue weighted by Crippen LogP contribution is 2.39. The molecule has 0 spiro atoms.